The first-order valence-corrected chi connectivity index (χ1v) is 7.47. The Bertz CT molecular complexity index is 434. The van der Waals surface area contributed by atoms with Gasteiger partial charge in [-0.2, -0.15) is 5.10 Å². The van der Waals surface area contributed by atoms with Gasteiger partial charge in [-0.1, -0.05) is 0 Å². The number of nitrogens with two attached hydrogens (primary N) is 1. The first-order valence-electron chi connectivity index (χ1n) is 7.47. The predicted molar refractivity (Wildman–Crippen MR) is 71.9 cm³/mol. The van der Waals surface area contributed by atoms with Crippen molar-refractivity contribution in [3.8, 4) is 0 Å². The molecule has 2 N–H and O–H groups in total. The van der Waals surface area contributed by atoms with E-state index in [0.717, 1.165) is 35.4 Å². The zero-order valence-corrected chi connectivity index (χ0v) is 11.2. The van der Waals surface area contributed by atoms with E-state index in [4.69, 9.17) is 5.73 Å². The zero-order valence-electron chi connectivity index (χ0n) is 11.2. The first kappa shape index (κ1) is 10.9. The lowest BCUT2D eigenvalue weighted by atomic mass is 9.51. The highest BCUT2D eigenvalue weighted by atomic mass is 15.3. The van der Waals surface area contributed by atoms with E-state index in [1.807, 2.05) is 17.9 Å². The monoisotopic (exact) mass is 245 g/mol. The Balaban J connectivity index is 1.57. The van der Waals surface area contributed by atoms with Gasteiger partial charge in [-0.05, 0) is 68.1 Å². The molecule has 0 aliphatic heterocycles. The van der Waals surface area contributed by atoms with Crippen LogP contribution in [0, 0.1) is 29.6 Å². The Hall–Kier alpha value is -0.990. The fourth-order valence-electron chi connectivity index (χ4n) is 5.27. The largest absolute Gasteiger partial charge is 0.384 e. The Kier molecular flexibility index (Phi) is 2.27. The summed E-state index contributed by atoms with van der Waals surface area (Å²) in [6.45, 7) is 0. The molecule has 0 atom stereocenters. The summed E-state index contributed by atoms with van der Waals surface area (Å²) in [5, 5.41) is 4.29. The number of aryl methyl sites for hydroxylation is 1. The number of anilines is 1. The molecule has 1 aromatic rings. The highest BCUT2D eigenvalue weighted by Gasteiger charge is 2.47. The number of nitrogens with zero attached hydrogens (tertiary/aromatic N) is 2. The van der Waals surface area contributed by atoms with Gasteiger partial charge in [0.1, 0.15) is 5.82 Å². The van der Waals surface area contributed by atoms with Gasteiger partial charge in [0.25, 0.3) is 0 Å². The molecule has 3 heteroatoms. The molecule has 0 aromatic carbocycles. The van der Waals surface area contributed by atoms with Gasteiger partial charge in [-0.3, -0.25) is 4.68 Å². The van der Waals surface area contributed by atoms with Gasteiger partial charge in [0, 0.05) is 12.6 Å². The molecule has 0 amide bonds. The van der Waals surface area contributed by atoms with Crippen LogP contribution >= 0.6 is 0 Å². The Morgan fingerprint density at radius 1 is 1.17 bits per heavy atom. The van der Waals surface area contributed by atoms with Crippen molar-refractivity contribution in [1.29, 1.82) is 0 Å². The summed E-state index contributed by atoms with van der Waals surface area (Å²) in [6, 6.07) is 0. The second-order valence-electron chi connectivity index (χ2n) is 6.98. The van der Waals surface area contributed by atoms with E-state index in [1.54, 1.807) is 0 Å². The fraction of sp³-hybridized carbons (Fsp3) is 0.800. The van der Waals surface area contributed by atoms with E-state index in [-0.39, 0.29) is 0 Å². The molecule has 4 aliphatic rings. The minimum atomic E-state index is 0.879. The van der Waals surface area contributed by atoms with Crippen molar-refractivity contribution in [3.63, 3.8) is 0 Å². The molecule has 0 unspecified atom stereocenters. The van der Waals surface area contributed by atoms with Crippen molar-refractivity contribution in [2.24, 2.45) is 36.6 Å². The summed E-state index contributed by atoms with van der Waals surface area (Å²) < 4.78 is 1.81. The van der Waals surface area contributed by atoms with Crippen LogP contribution in [-0.4, -0.2) is 9.78 Å². The van der Waals surface area contributed by atoms with Gasteiger partial charge in [-0.15, -0.1) is 0 Å². The summed E-state index contributed by atoms with van der Waals surface area (Å²) in [5.41, 5.74) is 7.39. The maximum Gasteiger partial charge on any atom is 0.124 e. The van der Waals surface area contributed by atoms with Crippen LogP contribution in [0.4, 0.5) is 5.82 Å². The van der Waals surface area contributed by atoms with Crippen LogP contribution in [0.1, 0.15) is 37.7 Å². The number of rotatable bonds is 2. The van der Waals surface area contributed by atoms with Crippen molar-refractivity contribution in [2.45, 2.75) is 38.5 Å². The van der Waals surface area contributed by atoms with Crippen molar-refractivity contribution in [3.05, 3.63) is 11.8 Å². The van der Waals surface area contributed by atoms with E-state index >= 15 is 0 Å². The van der Waals surface area contributed by atoms with Crippen molar-refractivity contribution < 1.29 is 0 Å². The molecular formula is C15H23N3. The van der Waals surface area contributed by atoms with Gasteiger partial charge in [0.2, 0.25) is 0 Å². The molecule has 18 heavy (non-hydrogen) atoms. The number of hydrogen-bond donors (Lipinski definition) is 1. The van der Waals surface area contributed by atoms with E-state index in [0.29, 0.717) is 0 Å². The molecule has 3 nitrogen and oxygen atoms in total. The predicted octanol–water partition coefficient (Wildman–Crippen LogP) is 2.62. The van der Waals surface area contributed by atoms with Crippen molar-refractivity contribution in [2.75, 3.05) is 5.73 Å². The van der Waals surface area contributed by atoms with Gasteiger partial charge < -0.3 is 5.73 Å². The molecule has 5 rings (SSSR count). The van der Waals surface area contributed by atoms with Crippen LogP contribution < -0.4 is 5.73 Å². The van der Waals surface area contributed by atoms with Gasteiger partial charge in [0.05, 0.1) is 6.20 Å². The number of hydrogen-bond acceptors (Lipinski definition) is 2. The SMILES string of the molecule is Cn1ncc(CC2C3CC4CC(C3)CC2C4)c1N. The Labute approximate surface area is 109 Å². The second kappa shape index (κ2) is 3.75. The van der Waals surface area contributed by atoms with Gasteiger partial charge in [0.15, 0.2) is 0 Å². The third-order valence-corrected chi connectivity index (χ3v) is 5.94. The first-order chi connectivity index (χ1) is 8.70. The lowest BCUT2D eigenvalue weighted by Crippen LogP contribution is -2.45. The molecule has 0 spiro atoms. The summed E-state index contributed by atoms with van der Waals surface area (Å²) in [6.07, 6.45) is 10.7. The molecular weight excluding hydrogens is 222 g/mol. The second-order valence-corrected chi connectivity index (χ2v) is 6.98. The van der Waals surface area contributed by atoms with Crippen LogP contribution in [0.3, 0.4) is 0 Å². The van der Waals surface area contributed by atoms with Gasteiger partial charge >= 0.3 is 0 Å². The lowest BCUT2D eigenvalue weighted by molar-refractivity contribution is -0.0359. The number of aromatic nitrogens is 2. The van der Waals surface area contributed by atoms with E-state index in [1.165, 1.54) is 44.1 Å². The maximum atomic E-state index is 6.11. The highest BCUT2D eigenvalue weighted by molar-refractivity contribution is 5.38. The zero-order chi connectivity index (χ0) is 12.3. The molecule has 4 saturated carbocycles. The van der Waals surface area contributed by atoms with Crippen LogP contribution in [0.15, 0.2) is 6.20 Å². The minimum absolute atomic E-state index is 0.879. The fourth-order valence-corrected chi connectivity index (χ4v) is 5.27. The topological polar surface area (TPSA) is 43.8 Å². The molecule has 4 aliphatic carbocycles. The van der Waals surface area contributed by atoms with Crippen molar-refractivity contribution in [1.82, 2.24) is 9.78 Å². The Morgan fingerprint density at radius 3 is 2.28 bits per heavy atom. The molecule has 0 radical (unpaired) electrons. The average molecular weight is 245 g/mol. The minimum Gasteiger partial charge on any atom is -0.384 e. The molecule has 0 saturated heterocycles. The molecule has 1 aromatic heterocycles. The average Bonchev–Trinajstić information content (AvgIpc) is 2.64. The molecule has 1 heterocycles. The quantitative estimate of drug-likeness (QED) is 0.870. The lowest BCUT2D eigenvalue weighted by Gasteiger charge is -2.54. The van der Waals surface area contributed by atoms with Crippen LogP contribution in [-0.2, 0) is 13.5 Å². The highest BCUT2D eigenvalue weighted by Crippen LogP contribution is 2.57. The normalized spacial score (nSPS) is 41.5. The molecule has 98 valence electrons. The summed E-state index contributed by atoms with van der Waals surface area (Å²) in [4.78, 5) is 0. The van der Waals surface area contributed by atoms with Crippen molar-refractivity contribution >= 4 is 5.82 Å². The van der Waals surface area contributed by atoms with Crippen LogP contribution in [0.2, 0.25) is 0 Å². The van der Waals surface area contributed by atoms with Crippen LogP contribution in [0.5, 0.6) is 0 Å². The summed E-state index contributed by atoms with van der Waals surface area (Å²) in [5.74, 6) is 5.87. The summed E-state index contributed by atoms with van der Waals surface area (Å²) >= 11 is 0. The third-order valence-electron chi connectivity index (χ3n) is 5.94. The van der Waals surface area contributed by atoms with Gasteiger partial charge in [-0.25, -0.2) is 0 Å². The van der Waals surface area contributed by atoms with E-state index < -0.39 is 0 Å². The van der Waals surface area contributed by atoms with E-state index in [9.17, 15) is 0 Å². The summed E-state index contributed by atoms with van der Waals surface area (Å²) in [7, 11) is 1.94. The molecule has 4 fully saturated rings. The van der Waals surface area contributed by atoms with Crippen LogP contribution in [0.25, 0.3) is 0 Å². The number of nitrogen functional groups attached to an aromatic ring is 1. The Morgan fingerprint density at radius 2 is 1.78 bits per heavy atom. The standard InChI is InChI=1S/C15H23N3/c1-18-15(16)13(8-17-18)7-14-11-3-9-2-10(5-11)6-12(14)4-9/h8-12,14H,2-7,16H2,1H3. The maximum absolute atomic E-state index is 6.11. The smallest absolute Gasteiger partial charge is 0.124 e. The van der Waals surface area contributed by atoms with E-state index in [2.05, 4.69) is 5.10 Å². The molecule has 4 bridgehead atoms. The third kappa shape index (κ3) is 1.52.